The molecule has 0 N–H and O–H groups in total. The van der Waals surface area contributed by atoms with Gasteiger partial charge in [-0.2, -0.15) is 0 Å². The molecule has 0 aromatic heterocycles. The summed E-state index contributed by atoms with van der Waals surface area (Å²) in [5.74, 6) is 0.162. The van der Waals surface area contributed by atoms with Crippen LogP contribution in [0.3, 0.4) is 0 Å². The van der Waals surface area contributed by atoms with E-state index < -0.39 is 8.07 Å². The highest BCUT2D eigenvalue weighted by atomic mass is 28.3. The smallest absolute Gasteiger partial charge is 0.165 e. The average Bonchev–Trinajstić information content (AvgIpc) is 2.68. The second kappa shape index (κ2) is 10.6. The van der Waals surface area contributed by atoms with E-state index in [1.54, 1.807) is 0 Å². The Bertz CT molecular complexity index is 682. The summed E-state index contributed by atoms with van der Waals surface area (Å²) in [5.41, 5.74) is 1.00. The quantitative estimate of drug-likeness (QED) is 0.280. The normalized spacial score (nSPS) is 13.9. The molecule has 2 aromatic rings. The second-order valence-electron chi connectivity index (χ2n) is 8.01. The van der Waals surface area contributed by atoms with Gasteiger partial charge in [0.2, 0.25) is 0 Å². The first-order valence-corrected chi connectivity index (χ1v) is 13.3. The Labute approximate surface area is 166 Å². The van der Waals surface area contributed by atoms with Crippen LogP contribution < -0.4 is 5.19 Å². The molecule has 0 fully saturated rings. The molecule has 0 bridgehead atoms. The summed E-state index contributed by atoms with van der Waals surface area (Å²) in [6.07, 6.45) is 5.07. The third kappa shape index (κ3) is 6.44. The van der Waals surface area contributed by atoms with Crippen molar-refractivity contribution in [1.29, 1.82) is 0 Å². The number of Topliss-reactive ketones (excluding diaryl/α,β-unsaturated/α-hetero) is 1. The summed E-state index contributed by atoms with van der Waals surface area (Å²) in [6.45, 7) is 9.06. The van der Waals surface area contributed by atoms with E-state index in [0.717, 1.165) is 12.0 Å². The summed E-state index contributed by atoms with van der Waals surface area (Å²) >= 11 is 0. The third-order valence-corrected chi connectivity index (χ3v) is 9.21. The van der Waals surface area contributed by atoms with E-state index >= 15 is 0 Å². The molecule has 0 aliphatic carbocycles. The van der Waals surface area contributed by atoms with E-state index in [2.05, 4.69) is 50.3 Å². The van der Waals surface area contributed by atoms with Gasteiger partial charge in [-0.15, -0.1) is 0 Å². The molecule has 27 heavy (non-hydrogen) atoms. The van der Waals surface area contributed by atoms with Crippen LogP contribution >= 0.6 is 0 Å². The lowest BCUT2D eigenvalue weighted by Crippen LogP contribution is -2.54. The van der Waals surface area contributed by atoms with Crippen LogP contribution in [0.25, 0.3) is 0 Å². The maximum atomic E-state index is 12.5. The first-order valence-electron chi connectivity index (χ1n) is 10.2. The minimum absolute atomic E-state index is 0.0696. The first-order chi connectivity index (χ1) is 12.9. The Morgan fingerprint density at radius 2 is 1.56 bits per heavy atom. The maximum Gasteiger partial charge on any atom is 0.165 e. The number of hydrogen-bond acceptors (Lipinski definition) is 2. The molecule has 0 saturated carbocycles. The molecule has 2 rings (SSSR count). The minimum Gasteiger partial charge on any atom is -0.378 e. The number of carbonyl (C=O) groups excluding carboxylic acids is 1. The van der Waals surface area contributed by atoms with Crippen LogP contribution in [0, 0.1) is 0 Å². The predicted octanol–water partition coefficient (Wildman–Crippen LogP) is 5.77. The summed E-state index contributed by atoms with van der Waals surface area (Å²) in [6, 6.07) is 20.3. The highest BCUT2D eigenvalue weighted by molar-refractivity contribution is 6.90. The SMILES string of the molecule is CCCCCC(OC(C)CC(=O)c1ccccc1)[Si](C)(C)c1ccccc1. The minimum atomic E-state index is -1.79. The largest absolute Gasteiger partial charge is 0.378 e. The van der Waals surface area contributed by atoms with Gasteiger partial charge in [0.05, 0.1) is 11.8 Å². The lowest BCUT2D eigenvalue weighted by atomic mass is 10.1. The van der Waals surface area contributed by atoms with Crippen LogP contribution in [-0.2, 0) is 4.74 Å². The molecule has 2 atom stereocenters. The molecule has 0 spiro atoms. The van der Waals surface area contributed by atoms with Crippen molar-refractivity contribution in [3.05, 3.63) is 66.2 Å². The highest BCUT2D eigenvalue weighted by Gasteiger charge is 2.35. The highest BCUT2D eigenvalue weighted by Crippen LogP contribution is 2.22. The summed E-state index contributed by atoms with van der Waals surface area (Å²) in [5, 5.41) is 1.42. The van der Waals surface area contributed by atoms with Crippen LogP contribution in [0.4, 0.5) is 0 Å². The number of unbranched alkanes of at least 4 members (excludes halogenated alkanes) is 2. The molecule has 0 saturated heterocycles. The number of benzene rings is 2. The number of ether oxygens (including phenoxy) is 1. The van der Waals surface area contributed by atoms with Crippen LogP contribution in [0.1, 0.15) is 56.3 Å². The van der Waals surface area contributed by atoms with Crippen molar-refractivity contribution in [2.24, 2.45) is 0 Å². The van der Waals surface area contributed by atoms with E-state index in [1.807, 2.05) is 37.3 Å². The molecular formula is C24H34O2Si. The van der Waals surface area contributed by atoms with Crippen LogP contribution in [0.15, 0.2) is 60.7 Å². The molecule has 0 radical (unpaired) electrons. The fourth-order valence-electron chi connectivity index (χ4n) is 3.56. The Hall–Kier alpha value is -1.71. The lowest BCUT2D eigenvalue weighted by molar-refractivity contribution is 0.0271. The van der Waals surface area contributed by atoms with Crippen molar-refractivity contribution in [2.75, 3.05) is 0 Å². The fraction of sp³-hybridized carbons (Fsp3) is 0.458. The maximum absolute atomic E-state index is 12.5. The van der Waals surface area contributed by atoms with Gasteiger partial charge < -0.3 is 4.74 Å². The molecule has 3 heteroatoms. The van der Waals surface area contributed by atoms with E-state index in [9.17, 15) is 4.79 Å². The molecule has 0 heterocycles. The number of rotatable bonds is 11. The Balaban J connectivity index is 2.08. The summed E-state index contributed by atoms with van der Waals surface area (Å²) < 4.78 is 6.55. The first kappa shape index (κ1) is 21.6. The third-order valence-electron chi connectivity index (χ3n) is 5.36. The van der Waals surface area contributed by atoms with Crippen LogP contribution in [0.5, 0.6) is 0 Å². The molecule has 2 unspecified atom stereocenters. The van der Waals surface area contributed by atoms with Crippen molar-refractivity contribution in [2.45, 2.75) is 70.9 Å². The van der Waals surface area contributed by atoms with Gasteiger partial charge >= 0.3 is 0 Å². The van der Waals surface area contributed by atoms with Gasteiger partial charge in [-0.05, 0) is 13.3 Å². The van der Waals surface area contributed by atoms with E-state index in [0.29, 0.717) is 6.42 Å². The molecular weight excluding hydrogens is 348 g/mol. The summed E-state index contributed by atoms with van der Waals surface area (Å²) in [7, 11) is -1.79. The lowest BCUT2D eigenvalue weighted by Gasteiger charge is -2.35. The van der Waals surface area contributed by atoms with Gasteiger partial charge in [0.15, 0.2) is 5.78 Å². The van der Waals surface area contributed by atoms with E-state index in [1.165, 1.54) is 24.4 Å². The van der Waals surface area contributed by atoms with E-state index in [-0.39, 0.29) is 17.6 Å². The topological polar surface area (TPSA) is 26.3 Å². The monoisotopic (exact) mass is 382 g/mol. The molecule has 0 aliphatic rings. The van der Waals surface area contributed by atoms with Gasteiger partial charge in [-0.1, -0.05) is 105 Å². The predicted molar refractivity (Wildman–Crippen MR) is 117 cm³/mol. The molecule has 146 valence electrons. The van der Waals surface area contributed by atoms with Crippen molar-refractivity contribution in [1.82, 2.24) is 0 Å². The van der Waals surface area contributed by atoms with Crippen LogP contribution in [0.2, 0.25) is 13.1 Å². The standard InChI is InChI=1S/C24H34O2Si/c1-5-6-9-18-24(27(3,4)22-16-12-8-13-17-22)26-20(2)19-23(25)21-14-10-7-11-15-21/h7-8,10-17,20,24H,5-6,9,18-19H2,1-4H3. The fourth-order valence-corrected chi connectivity index (χ4v) is 6.49. The zero-order chi connectivity index (χ0) is 19.7. The van der Waals surface area contributed by atoms with Gasteiger partial charge in [0.25, 0.3) is 0 Å². The van der Waals surface area contributed by atoms with Gasteiger partial charge in [0.1, 0.15) is 8.07 Å². The average molecular weight is 383 g/mol. The summed E-state index contributed by atoms with van der Waals surface area (Å²) in [4.78, 5) is 12.5. The van der Waals surface area contributed by atoms with Gasteiger partial charge in [-0.3, -0.25) is 4.79 Å². The zero-order valence-electron chi connectivity index (χ0n) is 17.3. The van der Waals surface area contributed by atoms with Crippen molar-refractivity contribution >= 4 is 19.0 Å². The zero-order valence-corrected chi connectivity index (χ0v) is 18.3. The van der Waals surface area contributed by atoms with Crippen molar-refractivity contribution < 1.29 is 9.53 Å². The Morgan fingerprint density at radius 3 is 2.15 bits per heavy atom. The molecule has 0 aliphatic heterocycles. The van der Waals surface area contributed by atoms with E-state index in [4.69, 9.17) is 4.74 Å². The Morgan fingerprint density at radius 1 is 0.963 bits per heavy atom. The second-order valence-corrected chi connectivity index (χ2v) is 12.7. The number of carbonyl (C=O) groups is 1. The van der Waals surface area contributed by atoms with Crippen molar-refractivity contribution in [3.8, 4) is 0 Å². The van der Waals surface area contributed by atoms with Crippen LogP contribution in [-0.4, -0.2) is 25.7 Å². The van der Waals surface area contributed by atoms with Gasteiger partial charge in [-0.25, -0.2) is 0 Å². The molecule has 2 nitrogen and oxygen atoms in total. The number of hydrogen-bond donors (Lipinski definition) is 0. The molecule has 2 aromatic carbocycles. The molecule has 0 amide bonds. The van der Waals surface area contributed by atoms with Crippen molar-refractivity contribution in [3.63, 3.8) is 0 Å². The Kier molecular flexibility index (Phi) is 8.46. The van der Waals surface area contributed by atoms with Gasteiger partial charge in [0, 0.05) is 12.0 Å². The number of ketones is 1.